The predicted molar refractivity (Wildman–Crippen MR) is 53.2 cm³/mol. The smallest absolute Gasteiger partial charge is 0.153 e. The van der Waals surface area contributed by atoms with Crippen LogP contribution in [-0.2, 0) is 0 Å². The first-order valence-electron chi connectivity index (χ1n) is 4.25. The van der Waals surface area contributed by atoms with E-state index in [1.165, 1.54) is 29.3 Å². The quantitative estimate of drug-likeness (QED) is 0.592. The molecule has 0 saturated carbocycles. The molecule has 1 aromatic heterocycles. The van der Waals surface area contributed by atoms with Gasteiger partial charge in [-0.05, 0) is 6.07 Å². The van der Waals surface area contributed by atoms with Gasteiger partial charge in [0.2, 0.25) is 0 Å². The highest BCUT2D eigenvalue weighted by Crippen LogP contribution is 2.22. The summed E-state index contributed by atoms with van der Waals surface area (Å²) in [5.74, 6) is 4.86. The van der Waals surface area contributed by atoms with Crippen LogP contribution in [0.1, 0.15) is 10.4 Å². The van der Waals surface area contributed by atoms with Gasteiger partial charge < -0.3 is 5.84 Å². The molecule has 15 heavy (non-hydrogen) atoms. The Morgan fingerprint density at radius 3 is 2.87 bits per heavy atom. The molecule has 0 unspecified atom stereocenters. The Hall–Kier alpha value is -2.17. The monoisotopic (exact) mass is 205 g/mol. The highest BCUT2D eigenvalue weighted by atomic mass is 19.1. The van der Waals surface area contributed by atoms with E-state index >= 15 is 0 Å². The molecule has 2 rings (SSSR count). The number of rotatable bonds is 2. The minimum atomic E-state index is -0.561. The summed E-state index contributed by atoms with van der Waals surface area (Å²) >= 11 is 0. The molecule has 0 spiro atoms. The number of imidazole rings is 1. The van der Waals surface area contributed by atoms with Crippen LogP contribution in [0.2, 0.25) is 0 Å². The van der Waals surface area contributed by atoms with Gasteiger partial charge in [0, 0.05) is 5.56 Å². The number of hydrogen-bond donors (Lipinski definition) is 1. The molecule has 0 saturated heterocycles. The Morgan fingerprint density at radius 2 is 2.27 bits per heavy atom. The first kappa shape index (κ1) is 9.39. The summed E-state index contributed by atoms with van der Waals surface area (Å²) in [5, 5.41) is 0. The Labute approximate surface area is 85.1 Å². The first-order valence-corrected chi connectivity index (χ1v) is 4.25. The molecule has 0 aliphatic heterocycles. The van der Waals surface area contributed by atoms with Gasteiger partial charge >= 0.3 is 0 Å². The summed E-state index contributed by atoms with van der Waals surface area (Å²) in [6.07, 6.45) is 3.37. The van der Waals surface area contributed by atoms with E-state index in [-0.39, 0.29) is 5.56 Å². The molecule has 5 heteroatoms. The third-order valence-corrected chi connectivity index (χ3v) is 2.05. The average molecular weight is 205 g/mol. The maximum atomic E-state index is 13.2. The van der Waals surface area contributed by atoms with Crippen LogP contribution in [0.5, 0.6) is 0 Å². The van der Waals surface area contributed by atoms with Crippen LogP contribution in [0.25, 0.3) is 11.3 Å². The molecule has 76 valence electrons. The van der Waals surface area contributed by atoms with Crippen LogP contribution in [0.15, 0.2) is 30.7 Å². The molecule has 1 heterocycles. The maximum Gasteiger partial charge on any atom is 0.153 e. The molecule has 0 atom stereocenters. The van der Waals surface area contributed by atoms with Crippen LogP contribution in [-0.4, -0.2) is 15.9 Å². The van der Waals surface area contributed by atoms with Crippen molar-refractivity contribution in [1.82, 2.24) is 9.66 Å². The van der Waals surface area contributed by atoms with Gasteiger partial charge in [0.25, 0.3) is 0 Å². The van der Waals surface area contributed by atoms with Crippen molar-refractivity contribution in [3.8, 4) is 11.3 Å². The van der Waals surface area contributed by atoms with Gasteiger partial charge in [0.05, 0.1) is 17.5 Å². The molecule has 0 aliphatic rings. The van der Waals surface area contributed by atoms with Gasteiger partial charge in [-0.25, -0.2) is 9.37 Å². The number of halogens is 1. The van der Waals surface area contributed by atoms with Crippen LogP contribution in [0.4, 0.5) is 4.39 Å². The average Bonchev–Trinajstić information content (AvgIpc) is 2.64. The minimum Gasteiger partial charge on any atom is -0.338 e. The molecule has 0 amide bonds. The number of aldehydes is 1. The van der Waals surface area contributed by atoms with E-state index in [1.54, 1.807) is 6.07 Å². The van der Waals surface area contributed by atoms with Crippen LogP contribution in [0.3, 0.4) is 0 Å². The van der Waals surface area contributed by atoms with Crippen LogP contribution in [0, 0.1) is 5.82 Å². The van der Waals surface area contributed by atoms with E-state index in [1.807, 2.05) is 0 Å². The van der Waals surface area contributed by atoms with E-state index in [0.29, 0.717) is 17.5 Å². The second-order valence-electron chi connectivity index (χ2n) is 3.03. The molecule has 0 aliphatic carbocycles. The van der Waals surface area contributed by atoms with E-state index in [0.717, 1.165) is 0 Å². The Morgan fingerprint density at radius 1 is 1.47 bits per heavy atom. The van der Waals surface area contributed by atoms with Crippen molar-refractivity contribution < 1.29 is 9.18 Å². The van der Waals surface area contributed by atoms with Gasteiger partial charge in [0.15, 0.2) is 6.29 Å². The largest absolute Gasteiger partial charge is 0.338 e. The molecule has 2 aromatic rings. The van der Waals surface area contributed by atoms with Gasteiger partial charge in [-0.15, -0.1) is 0 Å². The molecule has 1 aromatic carbocycles. The Balaban J connectivity index is 2.62. The summed E-state index contributed by atoms with van der Waals surface area (Å²) in [5.41, 5.74) is 0.907. The van der Waals surface area contributed by atoms with Crippen LogP contribution < -0.4 is 5.84 Å². The zero-order valence-corrected chi connectivity index (χ0v) is 7.72. The van der Waals surface area contributed by atoms with Gasteiger partial charge in [-0.3, -0.25) is 9.47 Å². The van der Waals surface area contributed by atoms with Crippen molar-refractivity contribution in [3.63, 3.8) is 0 Å². The third-order valence-electron chi connectivity index (χ3n) is 2.05. The summed E-state index contributed by atoms with van der Waals surface area (Å²) in [6.45, 7) is 0. The number of hydrogen-bond acceptors (Lipinski definition) is 3. The third kappa shape index (κ3) is 1.59. The van der Waals surface area contributed by atoms with Crippen molar-refractivity contribution >= 4 is 6.29 Å². The fourth-order valence-corrected chi connectivity index (χ4v) is 1.36. The Bertz CT molecular complexity index is 507. The zero-order valence-electron chi connectivity index (χ0n) is 7.72. The summed E-state index contributed by atoms with van der Waals surface area (Å²) < 4.78 is 14.5. The number of nitrogen functional groups attached to an aromatic ring is 1. The SMILES string of the molecule is Nn1cnc(-c2cccc(F)c2C=O)c1. The highest BCUT2D eigenvalue weighted by molar-refractivity contribution is 5.86. The number of benzene rings is 1. The van der Waals surface area contributed by atoms with Gasteiger partial charge in [-0.2, -0.15) is 0 Å². The maximum absolute atomic E-state index is 13.2. The highest BCUT2D eigenvalue weighted by Gasteiger charge is 2.10. The number of carbonyl (C=O) groups is 1. The summed E-state index contributed by atoms with van der Waals surface area (Å²) in [7, 11) is 0. The predicted octanol–water partition coefficient (Wildman–Crippen LogP) is 1.22. The number of carbonyl (C=O) groups excluding carboxylic acids is 1. The van der Waals surface area contributed by atoms with Crippen molar-refractivity contribution in [2.24, 2.45) is 0 Å². The lowest BCUT2D eigenvalue weighted by Crippen LogP contribution is -2.03. The second kappa shape index (κ2) is 3.53. The minimum absolute atomic E-state index is 0.00352. The fourth-order valence-electron chi connectivity index (χ4n) is 1.36. The first-order chi connectivity index (χ1) is 7.22. The van der Waals surface area contributed by atoms with Crippen LogP contribution >= 0.6 is 0 Å². The molecule has 2 N–H and O–H groups in total. The topological polar surface area (TPSA) is 60.9 Å². The molecular weight excluding hydrogens is 197 g/mol. The van der Waals surface area contributed by atoms with Crippen molar-refractivity contribution in [2.45, 2.75) is 0 Å². The molecule has 0 bridgehead atoms. The van der Waals surface area contributed by atoms with Crippen molar-refractivity contribution in [2.75, 3.05) is 5.84 Å². The van der Waals surface area contributed by atoms with E-state index in [9.17, 15) is 9.18 Å². The molecule has 0 fully saturated rings. The van der Waals surface area contributed by atoms with E-state index in [2.05, 4.69) is 4.98 Å². The normalized spacial score (nSPS) is 10.2. The van der Waals surface area contributed by atoms with E-state index < -0.39 is 5.82 Å². The standard InChI is InChI=1S/C10H8FN3O/c11-9-3-1-2-7(8(9)5-15)10-4-14(12)6-13-10/h1-6H,12H2. The lowest BCUT2D eigenvalue weighted by atomic mass is 10.1. The summed E-state index contributed by atoms with van der Waals surface area (Å²) in [4.78, 5) is 14.7. The molecule has 4 nitrogen and oxygen atoms in total. The van der Waals surface area contributed by atoms with Crippen molar-refractivity contribution in [3.05, 3.63) is 42.1 Å². The zero-order chi connectivity index (χ0) is 10.8. The van der Waals surface area contributed by atoms with Crippen molar-refractivity contribution in [1.29, 1.82) is 0 Å². The number of nitrogens with two attached hydrogens (primary N) is 1. The lowest BCUT2D eigenvalue weighted by Gasteiger charge is -2.01. The molecular formula is C10H8FN3O. The lowest BCUT2D eigenvalue weighted by molar-refractivity contribution is 0.112. The molecule has 0 radical (unpaired) electrons. The second-order valence-corrected chi connectivity index (χ2v) is 3.03. The fraction of sp³-hybridized carbons (Fsp3) is 0. The van der Waals surface area contributed by atoms with Gasteiger partial charge in [0.1, 0.15) is 12.1 Å². The number of nitrogens with zero attached hydrogens (tertiary/aromatic N) is 2. The van der Waals surface area contributed by atoms with E-state index in [4.69, 9.17) is 5.84 Å². The Kier molecular flexibility index (Phi) is 2.21. The summed E-state index contributed by atoms with van der Waals surface area (Å²) in [6, 6.07) is 4.37. The van der Waals surface area contributed by atoms with Gasteiger partial charge in [-0.1, -0.05) is 12.1 Å². The number of aromatic nitrogens is 2.